The molecule has 0 amide bonds. The van der Waals surface area contributed by atoms with Crippen LogP contribution in [-0.2, 0) is 0 Å². The van der Waals surface area contributed by atoms with Crippen LogP contribution in [0.2, 0.25) is 0 Å². The molecule has 0 fully saturated rings. The van der Waals surface area contributed by atoms with Gasteiger partial charge in [0.2, 0.25) is 0 Å². The van der Waals surface area contributed by atoms with Gasteiger partial charge >= 0.3 is 6.18 Å². The van der Waals surface area contributed by atoms with E-state index < -0.39 is 12.2 Å². The van der Waals surface area contributed by atoms with Crippen molar-refractivity contribution in [1.29, 1.82) is 0 Å². The molecule has 0 aliphatic carbocycles. The van der Waals surface area contributed by atoms with Gasteiger partial charge < -0.3 is 17.2 Å². The van der Waals surface area contributed by atoms with E-state index in [0.29, 0.717) is 0 Å². The maximum atomic E-state index is 12.2. The van der Waals surface area contributed by atoms with E-state index in [-0.39, 0.29) is 16.9 Å². The molecule has 6 N–H and O–H groups in total. The first-order valence-corrected chi connectivity index (χ1v) is 3.80. The summed E-state index contributed by atoms with van der Waals surface area (Å²) in [5, 5.41) is 0. The van der Waals surface area contributed by atoms with Crippen molar-refractivity contribution in [2.24, 2.45) is 5.73 Å². The number of alkyl halides is 3. The van der Waals surface area contributed by atoms with Crippen molar-refractivity contribution >= 4 is 11.4 Å². The van der Waals surface area contributed by atoms with Gasteiger partial charge in [0, 0.05) is 5.56 Å². The van der Waals surface area contributed by atoms with Crippen LogP contribution in [0, 0.1) is 0 Å². The van der Waals surface area contributed by atoms with Crippen LogP contribution in [0.3, 0.4) is 0 Å². The van der Waals surface area contributed by atoms with Gasteiger partial charge in [0.05, 0.1) is 11.4 Å². The third-order valence-corrected chi connectivity index (χ3v) is 1.86. The normalized spacial score (nSPS) is 14.0. The smallest absolute Gasteiger partial charge is 0.397 e. The third-order valence-electron chi connectivity index (χ3n) is 1.86. The van der Waals surface area contributed by atoms with E-state index in [4.69, 9.17) is 17.2 Å². The SMILES string of the molecule is Nc1cccc([C@@H](N)C(F)(F)F)c1N. The number of anilines is 2. The Balaban J connectivity index is 3.14. The largest absolute Gasteiger partial charge is 0.407 e. The van der Waals surface area contributed by atoms with E-state index in [1.54, 1.807) is 0 Å². The number of para-hydroxylation sites is 1. The average molecular weight is 205 g/mol. The fourth-order valence-electron chi connectivity index (χ4n) is 1.05. The van der Waals surface area contributed by atoms with Crippen molar-refractivity contribution in [3.8, 4) is 0 Å². The predicted octanol–water partition coefficient (Wildman–Crippen LogP) is 1.41. The Morgan fingerprint density at radius 3 is 2.21 bits per heavy atom. The van der Waals surface area contributed by atoms with Gasteiger partial charge in [-0.05, 0) is 6.07 Å². The summed E-state index contributed by atoms with van der Waals surface area (Å²) in [6.07, 6.45) is -4.51. The van der Waals surface area contributed by atoms with Crippen LogP contribution in [0.1, 0.15) is 11.6 Å². The Kier molecular flexibility index (Phi) is 2.57. The van der Waals surface area contributed by atoms with Crippen molar-refractivity contribution in [2.75, 3.05) is 11.5 Å². The summed E-state index contributed by atoms with van der Waals surface area (Å²) in [6.45, 7) is 0. The van der Waals surface area contributed by atoms with Crippen molar-refractivity contribution < 1.29 is 13.2 Å². The molecule has 0 aliphatic heterocycles. The third kappa shape index (κ3) is 1.90. The minimum Gasteiger partial charge on any atom is -0.397 e. The standard InChI is InChI=1S/C8H10F3N3/c9-8(10,11)7(14)4-2-1-3-5(12)6(4)13/h1-3,7H,12-14H2/t7-/m1/s1. The van der Waals surface area contributed by atoms with Crippen LogP contribution in [0.15, 0.2) is 18.2 Å². The molecule has 14 heavy (non-hydrogen) atoms. The molecule has 1 atom stereocenters. The Morgan fingerprint density at radius 2 is 1.71 bits per heavy atom. The Morgan fingerprint density at radius 1 is 1.14 bits per heavy atom. The van der Waals surface area contributed by atoms with Gasteiger partial charge in [-0.1, -0.05) is 12.1 Å². The van der Waals surface area contributed by atoms with Gasteiger partial charge in [0.15, 0.2) is 0 Å². The molecule has 0 saturated carbocycles. The highest BCUT2D eigenvalue weighted by Gasteiger charge is 2.38. The Bertz CT molecular complexity index is 335. The number of nitrogens with two attached hydrogens (primary N) is 3. The number of nitrogen functional groups attached to an aromatic ring is 2. The fourth-order valence-corrected chi connectivity index (χ4v) is 1.05. The zero-order valence-electron chi connectivity index (χ0n) is 7.18. The van der Waals surface area contributed by atoms with Gasteiger partial charge in [0.1, 0.15) is 6.04 Å². The quantitative estimate of drug-likeness (QED) is 0.606. The van der Waals surface area contributed by atoms with E-state index in [1.807, 2.05) is 0 Å². The molecule has 6 heteroatoms. The van der Waals surface area contributed by atoms with Crippen LogP contribution in [0.5, 0.6) is 0 Å². The topological polar surface area (TPSA) is 78.1 Å². The van der Waals surface area contributed by atoms with Crippen LogP contribution < -0.4 is 17.2 Å². The van der Waals surface area contributed by atoms with Gasteiger partial charge in [-0.25, -0.2) is 0 Å². The molecule has 0 spiro atoms. The summed E-state index contributed by atoms with van der Waals surface area (Å²) >= 11 is 0. The first-order chi connectivity index (χ1) is 6.34. The second-order valence-corrected chi connectivity index (χ2v) is 2.87. The van der Waals surface area contributed by atoms with Crippen LogP contribution in [-0.4, -0.2) is 6.18 Å². The first-order valence-electron chi connectivity index (χ1n) is 3.80. The lowest BCUT2D eigenvalue weighted by molar-refractivity contribution is -0.149. The summed E-state index contributed by atoms with van der Waals surface area (Å²) in [5.41, 5.74) is 15.5. The molecular formula is C8H10F3N3. The second-order valence-electron chi connectivity index (χ2n) is 2.87. The minimum atomic E-state index is -4.51. The van der Waals surface area contributed by atoms with E-state index >= 15 is 0 Å². The molecule has 1 aromatic rings. The van der Waals surface area contributed by atoms with Gasteiger partial charge in [-0.2, -0.15) is 13.2 Å². The van der Waals surface area contributed by atoms with E-state index in [2.05, 4.69) is 0 Å². The molecule has 0 heterocycles. The molecule has 3 nitrogen and oxygen atoms in total. The Labute approximate surface area is 78.7 Å². The molecule has 0 unspecified atom stereocenters. The monoisotopic (exact) mass is 205 g/mol. The van der Waals surface area contributed by atoms with Gasteiger partial charge in [0.25, 0.3) is 0 Å². The number of hydrogen-bond acceptors (Lipinski definition) is 3. The summed E-state index contributed by atoms with van der Waals surface area (Å²) < 4.78 is 36.7. The fraction of sp³-hybridized carbons (Fsp3) is 0.250. The number of hydrogen-bond donors (Lipinski definition) is 3. The highest BCUT2D eigenvalue weighted by Crippen LogP contribution is 2.34. The molecule has 1 rings (SSSR count). The maximum Gasteiger partial charge on any atom is 0.407 e. The summed E-state index contributed by atoms with van der Waals surface area (Å²) in [7, 11) is 0. The van der Waals surface area contributed by atoms with Crippen molar-refractivity contribution in [1.82, 2.24) is 0 Å². The zero-order chi connectivity index (χ0) is 10.9. The lowest BCUT2D eigenvalue weighted by Crippen LogP contribution is -2.29. The average Bonchev–Trinajstić information content (AvgIpc) is 2.07. The minimum absolute atomic E-state index is 0.0993. The maximum absolute atomic E-state index is 12.2. The van der Waals surface area contributed by atoms with Crippen molar-refractivity contribution in [3.63, 3.8) is 0 Å². The lowest BCUT2D eigenvalue weighted by Gasteiger charge is -2.18. The molecule has 0 aromatic heterocycles. The molecule has 0 bridgehead atoms. The van der Waals surface area contributed by atoms with Crippen LogP contribution >= 0.6 is 0 Å². The predicted molar refractivity (Wildman–Crippen MR) is 48.3 cm³/mol. The van der Waals surface area contributed by atoms with Crippen molar-refractivity contribution in [2.45, 2.75) is 12.2 Å². The zero-order valence-corrected chi connectivity index (χ0v) is 7.18. The summed E-state index contributed by atoms with van der Waals surface area (Å²) in [5.74, 6) is 0. The van der Waals surface area contributed by atoms with E-state index in [1.165, 1.54) is 18.2 Å². The molecular weight excluding hydrogens is 195 g/mol. The second kappa shape index (κ2) is 3.38. The van der Waals surface area contributed by atoms with Gasteiger partial charge in [-0.3, -0.25) is 0 Å². The van der Waals surface area contributed by atoms with Crippen LogP contribution in [0.4, 0.5) is 24.5 Å². The molecule has 0 radical (unpaired) electrons. The Hall–Kier alpha value is -1.43. The number of benzene rings is 1. The van der Waals surface area contributed by atoms with E-state index in [0.717, 1.165) is 0 Å². The molecule has 78 valence electrons. The highest BCUT2D eigenvalue weighted by atomic mass is 19.4. The lowest BCUT2D eigenvalue weighted by atomic mass is 10.0. The van der Waals surface area contributed by atoms with E-state index in [9.17, 15) is 13.2 Å². The molecule has 0 saturated heterocycles. The summed E-state index contributed by atoms with van der Waals surface area (Å²) in [4.78, 5) is 0. The van der Waals surface area contributed by atoms with Gasteiger partial charge in [-0.15, -0.1) is 0 Å². The number of rotatable bonds is 1. The molecule has 1 aromatic carbocycles. The van der Waals surface area contributed by atoms with Crippen molar-refractivity contribution in [3.05, 3.63) is 23.8 Å². The molecule has 0 aliphatic rings. The number of halogens is 3. The highest BCUT2D eigenvalue weighted by molar-refractivity contribution is 5.68. The van der Waals surface area contributed by atoms with Crippen LogP contribution in [0.25, 0.3) is 0 Å². The first kappa shape index (κ1) is 10.6. The summed E-state index contributed by atoms with van der Waals surface area (Å²) in [6, 6.07) is 1.92.